The van der Waals surface area contributed by atoms with E-state index in [1.54, 1.807) is 18.2 Å². The van der Waals surface area contributed by atoms with Crippen molar-refractivity contribution in [2.75, 3.05) is 13.3 Å². The summed E-state index contributed by atoms with van der Waals surface area (Å²) >= 11 is 0. The van der Waals surface area contributed by atoms with E-state index in [1.807, 2.05) is 0 Å². The molecule has 1 nitrogen and oxygen atoms in total. The highest BCUT2D eigenvalue weighted by atomic mass is 19.1. The third kappa shape index (κ3) is 3.80. The molecule has 1 atom stereocenters. The van der Waals surface area contributed by atoms with E-state index in [2.05, 4.69) is 6.58 Å². The number of hydrogen-bond acceptors (Lipinski definition) is 1. The Kier molecular flexibility index (Phi) is 4.98. The van der Waals surface area contributed by atoms with Crippen LogP contribution in [0.5, 0.6) is 0 Å². The Morgan fingerprint density at radius 3 is 2.73 bits per heavy atom. The molecule has 0 amide bonds. The van der Waals surface area contributed by atoms with Gasteiger partial charge in [0.05, 0.1) is 6.61 Å². The lowest BCUT2D eigenvalue weighted by molar-refractivity contribution is 0.0694. The summed E-state index contributed by atoms with van der Waals surface area (Å²) in [5.41, 5.74) is 0.583. The van der Waals surface area contributed by atoms with E-state index in [1.165, 1.54) is 12.1 Å². The maximum absolute atomic E-state index is 13.1. The molecular weight excluding hydrogens is 198 g/mol. The SMILES string of the molecule is C=CC(CF)OCCc1ccccc1F. The summed E-state index contributed by atoms with van der Waals surface area (Å²) in [6.07, 6.45) is 1.26. The van der Waals surface area contributed by atoms with Gasteiger partial charge in [0.15, 0.2) is 0 Å². The van der Waals surface area contributed by atoms with E-state index in [4.69, 9.17) is 4.74 Å². The molecule has 0 aliphatic heterocycles. The number of ether oxygens (including phenoxy) is 1. The molecule has 0 N–H and O–H groups in total. The highest BCUT2D eigenvalue weighted by molar-refractivity contribution is 5.17. The van der Waals surface area contributed by atoms with Crippen molar-refractivity contribution in [1.82, 2.24) is 0 Å². The summed E-state index contributed by atoms with van der Waals surface area (Å²) in [4.78, 5) is 0. The topological polar surface area (TPSA) is 9.23 Å². The Bertz CT molecular complexity index is 312. The van der Waals surface area contributed by atoms with Crippen LogP contribution in [0.1, 0.15) is 5.56 Å². The van der Waals surface area contributed by atoms with Gasteiger partial charge in [-0.2, -0.15) is 0 Å². The van der Waals surface area contributed by atoms with Crippen molar-refractivity contribution in [2.24, 2.45) is 0 Å². The van der Waals surface area contributed by atoms with Gasteiger partial charge in [-0.3, -0.25) is 0 Å². The van der Waals surface area contributed by atoms with Crippen molar-refractivity contribution in [3.63, 3.8) is 0 Å². The number of rotatable bonds is 6. The highest BCUT2D eigenvalue weighted by Gasteiger charge is 2.04. The predicted molar refractivity (Wildman–Crippen MR) is 56.0 cm³/mol. The Morgan fingerprint density at radius 1 is 1.40 bits per heavy atom. The molecule has 0 aromatic heterocycles. The Hall–Kier alpha value is -1.22. The average Bonchev–Trinajstić information content (AvgIpc) is 2.27. The van der Waals surface area contributed by atoms with Crippen LogP contribution in [0.25, 0.3) is 0 Å². The Labute approximate surface area is 88.4 Å². The zero-order valence-corrected chi connectivity index (χ0v) is 8.46. The maximum Gasteiger partial charge on any atom is 0.126 e. The summed E-state index contributed by atoms with van der Waals surface area (Å²) in [7, 11) is 0. The normalized spacial score (nSPS) is 12.4. The van der Waals surface area contributed by atoms with Gasteiger partial charge in [0.1, 0.15) is 18.6 Å². The molecule has 1 unspecified atom stereocenters. The molecule has 0 bridgehead atoms. The summed E-state index contributed by atoms with van der Waals surface area (Å²) in [6.45, 7) is 3.13. The zero-order valence-electron chi connectivity index (χ0n) is 8.46. The lowest BCUT2D eigenvalue weighted by Crippen LogP contribution is -2.14. The van der Waals surface area contributed by atoms with Crippen LogP contribution in [0, 0.1) is 5.82 Å². The molecule has 15 heavy (non-hydrogen) atoms. The van der Waals surface area contributed by atoms with E-state index in [0.29, 0.717) is 18.6 Å². The lowest BCUT2D eigenvalue weighted by Gasteiger charge is -2.09. The number of hydrogen-bond donors (Lipinski definition) is 0. The Balaban J connectivity index is 2.37. The predicted octanol–water partition coefficient (Wildman–Crippen LogP) is 2.91. The van der Waals surface area contributed by atoms with Crippen molar-refractivity contribution in [3.8, 4) is 0 Å². The van der Waals surface area contributed by atoms with Crippen LogP contribution in [0.15, 0.2) is 36.9 Å². The molecule has 0 aliphatic carbocycles. The van der Waals surface area contributed by atoms with Gasteiger partial charge in [0, 0.05) is 0 Å². The molecule has 0 radical (unpaired) electrons. The zero-order chi connectivity index (χ0) is 11.1. The molecule has 1 rings (SSSR count). The van der Waals surface area contributed by atoms with E-state index < -0.39 is 12.8 Å². The fourth-order valence-electron chi connectivity index (χ4n) is 1.20. The first-order valence-electron chi connectivity index (χ1n) is 4.81. The molecule has 0 heterocycles. The second kappa shape index (κ2) is 6.30. The molecule has 1 aromatic carbocycles. The largest absolute Gasteiger partial charge is 0.371 e. The van der Waals surface area contributed by atoms with Crippen LogP contribution >= 0.6 is 0 Å². The molecule has 0 fully saturated rings. The fraction of sp³-hybridized carbons (Fsp3) is 0.333. The van der Waals surface area contributed by atoms with Gasteiger partial charge in [-0.25, -0.2) is 8.78 Å². The van der Waals surface area contributed by atoms with Gasteiger partial charge in [-0.15, -0.1) is 6.58 Å². The smallest absolute Gasteiger partial charge is 0.126 e. The van der Waals surface area contributed by atoms with E-state index in [0.717, 1.165) is 0 Å². The summed E-state index contributed by atoms with van der Waals surface area (Å²) in [6, 6.07) is 6.48. The number of halogens is 2. The molecule has 0 spiro atoms. The fourth-order valence-corrected chi connectivity index (χ4v) is 1.20. The average molecular weight is 212 g/mol. The van der Waals surface area contributed by atoms with Gasteiger partial charge >= 0.3 is 0 Å². The van der Waals surface area contributed by atoms with Crippen LogP contribution < -0.4 is 0 Å². The van der Waals surface area contributed by atoms with Gasteiger partial charge in [-0.05, 0) is 18.1 Å². The number of alkyl halides is 1. The first-order valence-corrected chi connectivity index (χ1v) is 4.81. The highest BCUT2D eigenvalue weighted by Crippen LogP contribution is 2.07. The first-order chi connectivity index (χ1) is 7.27. The lowest BCUT2D eigenvalue weighted by atomic mass is 10.1. The number of benzene rings is 1. The van der Waals surface area contributed by atoms with Gasteiger partial charge < -0.3 is 4.74 Å². The molecule has 0 saturated heterocycles. The summed E-state index contributed by atoms with van der Waals surface area (Å²) in [5, 5.41) is 0. The second-order valence-electron chi connectivity index (χ2n) is 3.14. The molecule has 0 saturated carbocycles. The monoisotopic (exact) mass is 212 g/mol. The van der Waals surface area contributed by atoms with E-state index in [-0.39, 0.29) is 5.82 Å². The third-order valence-corrected chi connectivity index (χ3v) is 2.08. The summed E-state index contributed by atoms with van der Waals surface area (Å²) in [5.74, 6) is -0.253. The molecule has 3 heteroatoms. The molecular formula is C12H14F2O. The Morgan fingerprint density at radius 2 is 2.13 bits per heavy atom. The minimum Gasteiger partial charge on any atom is -0.371 e. The third-order valence-electron chi connectivity index (χ3n) is 2.08. The van der Waals surface area contributed by atoms with Gasteiger partial charge in [0.2, 0.25) is 0 Å². The molecule has 1 aromatic rings. The van der Waals surface area contributed by atoms with Crippen LogP contribution in [0.4, 0.5) is 8.78 Å². The van der Waals surface area contributed by atoms with Crippen molar-refractivity contribution in [3.05, 3.63) is 48.3 Å². The molecule has 0 aliphatic rings. The quantitative estimate of drug-likeness (QED) is 0.659. The maximum atomic E-state index is 13.1. The standard InChI is InChI=1S/C12H14F2O/c1-2-11(9-13)15-8-7-10-5-3-4-6-12(10)14/h2-6,11H,1,7-9H2. The molecule has 82 valence electrons. The van der Waals surface area contributed by atoms with E-state index in [9.17, 15) is 8.78 Å². The van der Waals surface area contributed by atoms with Crippen LogP contribution in [-0.4, -0.2) is 19.4 Å². The van der Waals surface area contributed by atoms with Crippen LogP contribution in [0.3, 0.4) is 0 Å². The summed E-state index contributed by atoms with van der Waals surface area (Å²) < 4.78 is 30.5. The minimum atomic E-state index is -0.596. The van der Waals surface area contributed by atoms with Crippen molar-refractivity contribution < 1.29 is 13.5 Å². The van der Waals surface area contributed by atoms with Crippen LogP contribution in [0.2, 0.25) is 0 Å². The van der Waals surface area contributed by atoms with Crippen molar-refractivity contribution in [1.29, 1.82) is 0 Å². The van der Waals surface area contributed by atoms with Gasteiger partial charge in [-0.1, -0.05) is 24.3 Å². The first kappa shape index (κ1) is 11.9. The second-order valence-corrected chi connectivity index (χ2v) is 3.14. The van der Waals surface area contributed by atoms with Crippen molar-refractivity contribution in [2.45, 2.75) is 12.5 Å². The van der Waals surface area contributed by atoms with Crippen molar-refractivity contribution >= 4 is 0 Å². The van der Waals surface area contributed by atoms with Crippen LogP contribution in [-0.2, 0) is 11.2 Å². The van der Waals surface area contributed by atoms with Gasteiger partial charge in [0.25, 0.3) is 0 Å². The van der Waals surface area contributed by atoms with E-state index >= 15 is 0 Å². The minimum absolute atomic E-state index is 0.253.